The molecule has 0 aromatic heterocycles. The van der Waals surface area contributed by atoms with Gasteiger partial charge in [-0.2, -0.15) is 0 Å². The summed E-state index contributed by atoms with van der Waals surface area (Å²) in [5.74, 6) is 0. The van der Waals surface area contributed by atoms with E-state index in [-0.39, 0.29) is 12.1 Å². The Morgan fingerprint density at radius 1 is 1.38 bits per heavy atom. The second kappa shape index (κ2) is 6.85. The normalized spacial score (nSPS) is 11.9. The lowest BCUT2D eigenvalue weighted by Crippen LogP contribution is -2.40. The average Bonchev–Trinajstić information content (AvgIpc) is 2.34. The van der Waals surface area contributed by atoms with Gasteiger partial charge in [0.2, 0.25) is 0 Å². The molecule has 2 amide bonds. The van der Waals surface area contributed by atoms with Crippen LogP contribution in [0.4, 0.5) is 4.79 Å². The van der Waals surface area contributed by atoms with Crippen LogP contribution in [0.3, 0.4) is 0 Å². The number of nitrogens with two attached hydrogens (primary N) is 1. The molecule has 0 aliphatic heterocycles. The zero-order chi connectivity index (χ0) is 11.8. The fourth-order valence-electron chi connectivity index (χ4n) is 1.41. The fraction of sp³-hybridized carbons (Fsp3) is 0.417. The van der Waals surface area contributed by atoms with Crippen molar-refractivity contribution >= 4 is 6.03 Å². The molecule has 88 valence electrons. The molecular formula is C12H19N3O. The van der Waals surface area contributed by atoms with Crippen LogP contribution in [-0.4, -0.2) is 19.1 Å². The highest BCUT2D eigenvalue weighted by atomic mass is 16.2. The number of hydrogen-bond donors (Lipinski definition) is 3. The zero-order valence-corrected chi connectivity index (χ0v) is 9.57. The fourth-order valence-corrected chi connectivity index (χ4v) is 1.41. The van der Waals surface area contributed by atoms with Gasteiger partial charge in [0.05, 0.1) is 6.04 Å². The molecule has 0 saturated heterocycles. The minimum Gasteiger partial charge on any atom is -0.338 e. The van der Waals surface area contributed by atoms with Gasteiger partial charge in [-0.05, 0) is 12.0 Å². The Morgan fingerprint density at radius 2 is 2.06 bits per heavy atom. The SMILES string of the molecule is CCCNC(=O)NC(CN)c1ccccc1. The molecule has 0 saturated carbocycles. The lowest BCUT2D eigenvalue weighted by molar-refractivity contribution is 0.237. The highest BCUT2D eigenvalue weighted by Gasteiger charge is 2.11. The molecule has 1 rings (SSSR count). The smallest absolute Gasteiger partial charge is 0.315 e. The number of urea groups is 1. The largest absolute Gasteiger partial charge is 0.338 e. The molecule has 1 aromatic carbocycles. The van der Waals surface area contributed by atoms with Crippen molar-refractivity contribution in [1.82, 2.24) is 10.6 Å². The predicted octanol–water partition coefficient (Wildman–Crippen LogP) is 1.40. The highest BCUT2D eigenvalue weighted by Crippen LogP contribution is 2.10. The van der Waals surface area contributed by atoms with Gasteiger partial charge in [-0.3, -0.25) is 0 Å². The Balaban J connectivity index is 2.52. The topological polar surface area (TPSA) is 67.2 Å². The van der Waals surface area contributed by atoms with E-state index in [1.807, 2.05) is 37.3 Å². The van der Waals surface area contributed by atoms with Crippen LogP contribution in [0.2, 0.25) is 0 Å². The summed E-state index contributed by atoms with van der Waals surface area (Å²) < 4.78 is 0. The molecule has 4 heteroatoms. The van der Waals surface area contributed by atoms with Crippen LogP contribution in [0, 0.1) is 0 Å². The lowest BCUT2D eigenvalue weighted by atomic mass is 10.1. The van der Waals surface area contributed by atoms with Crippen LogP contribution in [0.15, 0.2) is 30.3 Å². The molecule has 16 heavy (non-hydrogen) atoms. The summed E-state index contributed by atoms with van der Waals surface area (Å²) in [7, 11) is 0. The molecule has 1 atom stereocenters. The summed E-state index contributed by atoms with van der Waals surface area (Å²) in [6.07, 6.45) is 0.923. The van der Waals surface area contributed by atoms with Crippen LogP contribution in [-0.2, 0) is 0 Å². The molecule has 0 aliphatic carbocycles. The summed E-state index contributed by atoms with van der Waals surface area (Å²) >= 11 is 0. The van der Waals surface area contributed by atoms with Gasteiger partial charge in [-0.25, -0.2) is 4.79 Å². The van der Waals surface area contributed by atoms with Gasteiger partial charge >= 0.3 is 6.03 Å². The molecule has 1 unspecified atom stereocenters. The van der Waals surface area contributed by atoms with Gasteiger partial charge in [-0.1, -0.05) is 37.3 Å². The Morgan fingerprint density at radius 3 is 2.62 bits per heavy atom. The molecule has 1 aromatic rings. The number of rotatable bonds is 5. The van der Waals surface area contributed by atoms with Crippen molar-refractivity contribution < 1.29 is 4.79 Å². The summed E-state index contributed by atoms with van der Waals surface area (Å²) in [5.41, 5.74) is 6.66. The van der Waals surface area contributed by atoms with E-state index >= 15 is 0 Å². The molecule has 4 N–H and O–H groups in total. The Kier molecular flexibility index (Phi) is 5.36. The van der Waals surface area contributed by atoms with Crippen molar-refractivity contribution in [1.29, 1.82) is 0 Å². The van der Waals surface area contributed by atoms with E-state index in [1.54, 1.807) is 0 Å². The van der Waals surface area contributed by atoms with Gasteiger partial charge in [-0.15, -0.1) is 0 Å². The summed E-state index contributed by atoms with van der Waals surface area (Å²) in [5, 5.41) is 5.60. The Bertz CT molecular complexity index is 313. The molecule has 0 spiro atoms. The van der Waals surface area contributed by atoms with Crippen molar-refractivity contribution in [3.05, 3.63) is 35.9 Å². The Hall–Kier alpha value is -1.55. The summed E-state index contributed by atoms with van der Waals surface area (Å²) in [4.78, 5) is 11.5. The van der Waals surface area contributed by atoms with E-state index in [2.05, 4.69) is 10.6 Å². The molecule has 0 heterocycles. The first-order valence-electron chi connectivity index (χ1n) is 5.57. The van der Waals surface area contributed by atoms with Crippen LogP contribution in [0.1, 0.15) is 24.9 Å². The third kappa shape index (κ3) is 3.90. The number of carbonyl (C=O) groups excluding carboxylic acids is 1. The Labute approximate surface area is 96.2 Å². The molecule has 0 radical (unpaired) electrons. The second-order valence-electron chi connectivity index (χ2n) is 3.60. The number of carbonyl (C=O) groups is 1. The van der Waals surface area contributed by atoms with Gasteiger partial charge < -0.3 is 16.4 Å². The zero-order valence-electron chi connectivity index (χ0n) is 9.57. The molecule has 0 fully saturated rings. The lowest BCUT2D eigenvalue weighted by Gasteiger charge is -2.17. The van der Waals surface area contributed by atoms with E-state index in [9.17, 15) is 4.79 Å². The predicted molar refractivity (Wildman–Crippen MR) is 65.1 cm³/mol. The van der Waals surface area contributed by atoms with Gasteiger partial charge in [0.1, 0.15) is 0 Å². The molecular weight excluding hydrogens is 202 g/mol. The monoisotopic (exact) mass is 221 g/mol. The first-order chi connectivity index (χ1) is 7.77. The number of nitrogens with one attached hydrogen (secondary N) is 2. The van der Waals surface area contributed by atoms with E-state index < -0.39 is 0 Å². The van der Waals surface area contributed by atoms with E-state index in [0.29, 0.717) is 13.1 Å². The van der Waals surface area contributed by atoms with Crippen LogP contribution in [0.25, 0.3) is 0 Å². The number of benzene rings is 1. The van der Waals surface area contributed by atoms with Crippen molar-refractivity contribution in [2.45, 2.75) is 19.4 Å². The van der Waals surface area contributed by atoms with E-state index in [1.165, 1.54) is 0 Å². The quantitative estimate of drug-likeness (QED) is 0.703. The summed E-state index contributed by atoms with van der Waals surface area (Å²) in [6, 6.07) is 9.43. The van der Waals surface area contributed by atoms with Gasteiger partial charge in [0, 0.05) is 13.1 Å². The highest BCUT2D eigenvalue weighted by molar-refractivity contribution is 5.74. The van der Waals surface area contributed by atoms with E-state index in [4.69, 9.17) is 5.73 Å². The van der Waals surface area contributed by atoms with Crippen molar-refractivity contribution in [3.8, 4) is 0 Å². The third-order valence-corrected chi connectivity index (χ3v) is 2.28. The minimum atomic E-state index is -0.166. The molecule has 0 aliphatic rings. The minimum absolute atomic E-state index is 0.127. The van der Waals surface area contributed by atoms with Crippen LogP contribution < -0.4 is 16.4 Å². The first kappa shape index (κ1) is 12.5. The second-order valence-corrected chi connectivity index (χ2v) is 3.60. The maximum atomic E-state index is 11.5. The van der Waals surface area contributed by atoms with Gasteiger partial charge in [0.15, 0.2) is 0 Å². The van der Waals surface area contributed by atoms with Crippen molar-refractivity contribution in [2.24, 2.45) is 5.73 Å². The number of amides is 2. The van der Waals surface area contributed by atoms with E-state index in [0.717, 1.165) is 12.0 Å². The molecule has 0 bridgehead atoms. The average molecular weight is 221 g/mol. The van der Waals surface area contributed by atoms with Crippen molar-refractivity contribution in [3.63, 3.8) is 0 Å². The number of hydrogen-bond acceptors (Lipinski definition) is 2. The molecule has 4 nitrogen and oxygen atoms in total. The van der Waals surface area contributed by atoms with Crippen LogP contribution >= 0.6 is 0 Å². The summed E-state index contributed by atoms with van der Waals surface area (Å²) in [6.45, 7) is 3.08. The van der Waals surface area contributed by atoms with Crippen LogP contribution in [0.5, 0.6) is 0 Å². The maximum absolute atomic E-state index is 11.5. The maximum Gasteiger partial charge on any atom is 0.315 e. The van der Waals surface area contributed by atoms with Crippen molar-refractivity contribution in [2.75, 3.05) is 13.1 Å². The standard InChI is InChI=1S/C12H19N3O/c1-2-8-14-12(16)15-11(9-13)10-6-4-3-5-7-10/h3-7,11H,2,8-9,13H2,1H3,(H2,14,15,16). The third-order valence-electron chi connectivity index (χ3n) is 2.28. The van der Waals surface area contributed by atoms with Gasteiger partial charge in [0.25, 0.3) is 0 Å². The first-order valence-corrected chi connectivity index (χ1v) is 5.57.